The van der Waals surface area contributed by atoms with Gasteiger partial charge in [-0.15, -0.1) is 0 Å². The lowest BCUT2D eigenvalue weighted by molar-refractivity contribution is -0.137. The van der Waals surface area contributed by atoms with Crippen molar-refractivity contribution in [1.29, 1.82) is 0 Å². The predicted octanol–water partition coefficient (Wildman–Crippen LogP) is 0.938. The quantitative estimate of drug-likeness (QED) is 0.714. The van der Waals surface area contributed by atoms with E-state index in [0.717, 1.165) is 0 Å². The SMILES string of the molecule is CC(C)OC(=O)N(C)CCC(=O)O. The second kappa shape index (κ2) is 5.40. The molecular formula is C8H15NO4. The first-order valence-electron chi connectivity index (χ1n) is 4.07. The minimum Gasteiger partial charge on any atom is -0.481 e. The molecule has 1 N–H and O–H groups in total. The first-order chi connectivity index (χ1) is 5.93. The molecule has 0 aliphatic carbocycles. The molecule has 5 heteroatoms. The molecule has 0 spiro atoms. The standard InChI is InChI=1S/C8H15NO4/c1-6(2)13-8(12)9(3)5-4-7(10)11/h6H,4-5H2,1-3H3,(H,10,11). The zero-order valence-corrected chi connectivity index (χ0v) is 8.11. The van der Waals surface area contributed by atoms with Gasteiger partial charge in [0.2, 0.25) is 0 Å². The van der Waals surface area contributed by atoms with Gasteiger partial charge in [-0.2, -0.15) is 0 Å². The molecule has 0 aliphatic rings. The Morgan fingerprint density at radius 1 is 1.46 bits per heavy atom. The average Bonchev–Trinajstić information content (AvgIpc) is 1.98. The average molecular weight is 189 g/mol. The third-order valence-electron chi connectivity index (χ3n) is 1.31. The Kier molecular flexibility index (Phi) is 4.87. The van der Waals surface area contributed by atoms with Gasteiger partial charge >= 0.3 is 12.1 Å². The van der Waals surface area contributed by atoms with E-state index in [-0.39, 0.29) is 19.1 Å². The number of amides is 1. The van der Waals surface area contributed by atoms with E-state index in [1.165, 1.54) is 11.9 Å². The van der Waals surface area contributed by atoms with E-state index in [2.05, 4.69) is 0 Å². The van der Waals surface area contributed by atoms with Crippen LogP contribution in [-0.2, 0) is 9.53 Å². The van der Waals surface area contributed by atoms with Crippen molar-refractivity contribution in [2.45, 2.75) is 26.4 Å². The molecule has 0 unspecified atom stereocenters. The van der Waals surface area contributed by atoms with Crippen molar-refractivity contribution in [3.63, 3.8) is 0 Å². The Bertz CT molecular complexity index is 191. The summed E-state index contributed by atoms with van der Waals surface area (Å²) in [5.74, 6) is -0.927. The summed E-state index contributed by atoms with van der Waals surface area (Å²) in [6, 6.07) is 0. The van der Waals surface area contributed by atoms with Crippen LogP contribution in [-0.4, -0.2) is 41.8 Å². The molecule has 0 atom stereocenters. The minimum absolute atomic E-state index is 0.0658. The van der Waals surface area contributed by atoms with Crippen molar-refractivity contribution in [3.05, 3.63) is 0 Å². The zero-order chi connectivity index (χ0) is 10.4. The molecule has 13 heavy (non-hydrogen) atoms. The van der Waals surface area contributed by atoms with Crippen LogP contribution in [0.15, 0.2) is 0 Å². The Labute approximate surface area is 77.3 Å². The smallest absolute Gasteiger partial charge is 0.409 e. The van der Waals surface area contributed by atoms with Gasteiger partial charge in [0, 0.05) is 13.6 Å². The van der Waals surface area contributed by atoms with Gasteiger partial charge in [0.1, 0.15) is 0 Å². The zero-order valence-electron chi connectivity index (χ0n) is 8.11. The summed E-state index contributed by atoms with van der Waals surface area (Å²) in [7, 11) is 1.51. The second-order valence-electron chi connectivity index (χ2n) is 3.00. The van der Waals surface area contributed by atoms with Gasteiger partial charge < -0.3 is 14.7 Å². The van der Waals surface area contributed by atoms with Crippen LogP contribution in [0.25, 0.3) is 0 Å². The van der Waals surface area contributed by atoms with Crippen LogP contribution in [0, 0.1) is 0 Å². The number of carbonyl (C=O) groups is 2. The molecule has 1 amide bonds. The van der Waals surface area contributed by atoms with Crippen LogP contribution < -0.4 is 0 Å². The normalized spacial score (nSPS) is 9.85. The van der Waals surface area contributed by atoms with Crippen LogP contribution >= 0.6 is 0 Å². The van der Waals surface area contributed by atoms with Crippen LogP contribution in [0.1, 0.15) is 20.3 Å². The summed E-state index contributed by atoms with van der Waals surface area (Å²) in [5, 5.41) is 8.35. The molecular weight excluding hydrogens is 174 g/mol. The molecule has 76 valence electrons. The van der Waals surface area contributed by atoms with E-state index in [1.807, 2.05) is 0 Å². The van der Waals surface area contributed by atoms with E-state index < -0.39 is 12.1 Å². The molecule has 0 aromatic carbocycles. The fourth-order valence-corrected chi connectivity index (χ4v) is 0.646. The lowest BCUT2D eigenvalue weighted by Crippen LogP contribution is -2.31. The third kappa shape index (κ3) is 5.95. The van der Waals surface area contributed by atoms with Crippen molar-refractivity contribution in [1.82, 2.24) is 4.90 Å². The maximum absolute atomic E-state index is 11.1. The van der Waals surface area contributed by atoms with Gasteiger partial charge in [0.05, 0.1) is 12.5 Å². The van der Waals surface area contributed by atoms with Crippen molar-refractivity contribution in [2.24, 2.45) is 0 Å². The number of carboxylic acids is 1. The molecule has 0 aliphatic heterocycles. The molecule has 0 aromatic heterocycles. The number of hydrogen-bond donors (Lipinski definition) is 1. The summed E-state index contributed by atoms with van der Waals surface area (Å²) in [5.41, 5.74) is 0. The molecule has 0 saturated heterocycles. The lowest BCUT2D eigenvalue weighted by atomic mass is 10.4. The Morgan fingerprint density at radius 2 is 2.00 bits per heavy atom. The number of nitrogens with zero attached hydrogens (tertiary/aromatic N) is 1. The molecule has 0 fully saturated rings. The van der Waals surface area contributed by atoms with Crippen molar-refractivity contribution in [2.75, 3.05) is 13.6 Å². The van der Waals surface area contributed by atoms with E-state index in [0.29, 0.717) is 0 Å². The monoisotopic (exact) mass is 189 g/mol. The van der Waals surface area contributed by atoms with Crippen LogP contribution in [0.5, 0.6) is 0 Å². The van der Waals surface area contributed by atoms with Gasteiger partial charge in [-0.3, -0.25) is 4.79 Å². The number of carbonyl (C=O) groups excluding carboxylic acids is 1. The second-order valence-corrected chi connectivity index (χ2v) is 3.00. The lowest BCUT2D eigenvalue weighted by Gasteiger charge is -2.17. The molecule has 0 rings (SSSR count). The topological polar surface area (TPSA) is 66.8 Å². The maximum Gasteiger partial charge on any atom is 0.409 e. The summed E-state index contributed by atoms with van der Waals surface area (Å²) >= 11 is 0. The highest BCUT2D eigenvalue weighted by Crippen LogP contribution is 1.96. The molecule has 0 aromatic rings. The summed E-state index contributed by atoms with van der Waals surface area (Å²) in [6.07, 6.45) is -0.736. The van der Waals surface area contributed by atoms with Crippen molar-refractivity contribution >= 4 is 12.1 Å². The van der Waals surface area contributed by atoms with Gasteiger partial charge in [0.25, 0.3) is 0 Å². The maximum atomic E-state index is 11.1. The van der Waals surface area contributed by atoms with Crippen LogP contribution in [0.2, 0.25) is 0 Å². The highest BCUT2D eigenvalue weighted by Gasteiger charge is 2.12. The fraction of sp³-hybridized carbons (Fsp3) is 0.750. The highest BCUT2D eigenvalue weighted by atomic mass is 16.6. The van der Waals surface area contributed by atoms with Gasteiger partial charge in [-0.05, 0) is 13.8 Å². The number of aliphatic carboxylic acids is 1. The highest BCUT2D eigenvalue weighted by molar-refractivity contribution is 5.70. The van der Waals surface area contributed by atoms with E-state index in [1.54, 1.807) is 13.8 Å². The Hall–Kier alpha value is -1.26. The van der Waals surface area contributed by atoms with E-state index in [4.69, 9.17) is 9.84 Å². The summed E-state index contributed by atoms with van der Waals surface area (Å²) in [4.78, 5) is 22.5. The predicted molar refractivity (Wildman–Crippen MR) is 46.5 cm³/mol. The first kappa shape index (κ1) is 11.7. The van der Waals surface area contributed by atoms with Crippen LogP contribution in [0.4, 0.5) is 4.79 Å². The number of ether oxygens (including phenoxy) is 1. The van der Waals surface area contributed by atoms with E-state index in [9.17, 15) is 9.59 Å². The fourth-order valence-electron chi connectivity index (χ4n) is 0.646. The Morgan fingerprint density at radius 3 is 2.38 bits per heavy atom. The van der Waals surface area contributed by atoms with Crippen LogP contribution in [0.3, 0.4) is 0 Å². The molecule has 0 radical (unpaired) electrons. The number of hydrogen-bond acceptors (Lipinski definition) is 3. The molecule has 5 nitrogen and oxygen atoms in total. The van der Waals surface area contributed by atoms with E-state index >= 15 is 0 Å². The third-order valence-corrected chi connectivity index (χ3v) is 1.31. The molecule has 0 heterocycles. The minimum atomic E-state index is -0.927. The Balaban J connectivity index is 3.76. The number of rotatable bonds is 4. The van der Waals surface area contributed by atoms with Crippen molar-refractivity contribution < 1.29 is 19.4 Å². The summed E-state index contributed by atoms with van der Waals surface area (Å²) in [6.45, 7) is 3.65. The largest absolute Gasteiger partial charge is 0.481 e. The molecule has 0 bridgehead atoms. The molecule has 0 saturated carbocycles. The number of carboxylic acid groups (broad SMARTS) is 1. The van der Waals surface area contributed by atoms with Gasteiger partial charge in [-0.1, -0.05) is 0 Å². The van der Waals surface area contributed by atoms with Gasteiger partial charge in [-0.25, -0.2) is 4.79 Å². The van der Waals surface area contributed by atoms with Gasteiger partial charge in [0.15, 0.2) is 0 Å². The summed E-state index contributed by atoms with van der Waals surface area (Å²) < 4.78 is 4.84. The first-order valence-corrected chi connectivity index (χ1v) is 4.07. The van der Waals surface area contributed by atoms with Crippen molar-refractivity contribution in [3.8, 4) is 0 Å².